The molecule has 1 atom stereocenters. The number of hydrogen-bond donors (Lipinski definition) is 0. The number of rotatable bonds is 6. The first-order chi connectivity index (χ1) is 7.60. The second-order valence-electron chi connectivity index (χ2n) is 5.77. The summed E-state index contributed by atoms with van der Waals surface area (Å²) in [6, 6.07) is 0. The molecule has 1 aliphatic heterocycles. The predicted molar refractivity (Wildman–Crippen MR) is 69.7 cm³/mol. The van der Waals surface area contributed by atoms with Crippen molar-refractivity contribution in [2.24, 2.45) is 11.3 Å². The molecule has 1 rings (SSSR count). The lowest BCUT2D eigenvalue weighted by atomic mass is 9.74. The summed E-state index contributed by atoms with van der Waals surface area (Å²) in [7, 11) is 0. The van der Waals surface area contributed by atoms with E-state index in [0.29, 0.717) is 5.41 Å². The van der Waals surface area contributed by atoms with Crippen LogP contribution in [0.1, 0.15) is 47.0 Å². The SMILES string of the molecule is CCCC(CC)C(C)(C)CN1CCOCC1. The summed E-state index contributed by atoms with van der Waals surface area (Å²) >= 11 is 0. The van der Waals surface area contributed by atoms with E-state index in [2.05, 4.69) is 32.6 Å². The van der Waals surface area contributed by atoms with Crippen molar-refractivity contribution in [1.82, 2.24) is 4.90 Å². The van der Waals surface area contributed by atoms with Gasteiger partial charge in [-0.15, -0.1) is 0 Å². The quantitative estimate of drug-likeness (QED) is 0.691. The molecule has 0 aromatic carbocycles. The second-order valence-corrected chi connectivity index (χ2v) is 5.77. The highest BCUT2D eigenvalue weighted by atomic mass is 16.5. The molecule has 2 nitrogen and oxygen atoms in total. The highest BCUT2D eigenvalue weighted by Crippen LogP contribution is 2.34. The number of hydrogen-bond acceptors (Lipinski definition) is 2. The Kier molecular flexibility index (Phi) is 5.77. The van der Waals surface area contributed by atoms with Gasteiger partial charge in [-0.1, -0.05) is 47.0 Å². The monoisotopic (exact) mass is 227 g/mol. The predicted octanol–water partition coefficient (Wildman–Crippen LogP) is 3.17. The van der Waals surface area contributed by atoms with Crippen LogP contribution < -0.4 is 0 Å². The summed E-state index contributed by atoms with van der Waals surface area (Å²) in [5.41, 5.74) is 0.447. The Bertz CT molecular complexity index is 185. The Labute approximate surface area is 101 Å². The van der Waals surface area contributed by atoms with Gasteiger partial charge in [-0.05, 0) is 11.3 Å². The zero-order valence-electron chi connectivity index (χ0n) is 11.6. The number of nitrogens with zero attached hydrogens (tertiary/aromatic N) is 1. The topological polar surface area (TPSA) is 12.5 Å². The van der Waals surface area contributed by atoms with E-state index in [1.54, 1.807) is 0 Å². The van der Waals surface area contributed by atoms with Gasteiger partial charge in [0.2, 0.25) is 0 Å². The van der Waals surface area contributed by atoms with Crippen LogP contribution in [0.5, 0.6) is 0 Å². The molecule has 0 aromatic rings. The van der Waals surface area contributed by atoms with Gasteiger partial charge in [0.25, 0.3) is 0 Å². The Balaban J connectivity index is 2.46. The summed E-state index contributed by atoms with van der Waals surface area (Å²) in [5.74, 6) is 0.861. The molecule has 0 radical (unpaired) electrons. The van der Waals surface area contributed by atoms with E-state index in [1.165, 1.54) is 25.8 Å². The third-order valence-corrected chi connectivity index (χ3v) is 3.97. The van der Waals surface area contributed by atoms with Crippen molar-refractivity contribution in [3.63, 3.8) is 0 Å². The van der Waals surface area contributed by atoms with Crippen molar-refractivity contribution in [3.8, 4) is 0 Å². The molecular formula is C14H29NO. The molecule has 0 saturated carbocycles. The molecule has 0 amide bonds. The van der Waals surface area contributed by atoms with E-state index in [1.807, 2.05) is 0 Å². The first-order valence-electron chi connectivity index (χ1n) is 6.90. The van der Waals surface area contributed by atoms with E-state index in [0.717, 1.165) is 32.2 Å². The van der Waals surface area contributed by atoms with Crippen molar-refractivity contribution in [2.75, 3.05) is 32.8 Å². The standard InChI is InChI=1S/C14H29NO/c1-5-7-13(6-2)14(3,4)12-15-8-10-16-11-9-15/h13H,5-12H2,1-4H3. The van der Waals surface area contributed by atoms with Gasteiger partial charge in [-0.3, -0.25) is 4.90 Å². The van der Waals surface area contributed by atoms with Crippen LogP contribution in [0, 0.1) is 11.3 Å². The zero-order chi connectivity index (χ0) is 12.0. The van der Waals surface area contributed by atoms with Gasteiger partial charge in [-0.2, -0.15) is 0 Å². The molecule has 0 aromatic heterocycles. The first kappa shape index (κ1) is 14.0. The summed E-state index contributed by atoms with van der Waals surface area (Å²) in [4.78, 5) is 2.57. The van der Waals surface area contributed by atoms with Crippen molar-refractivity contribution in [3.05, 3.63) is 0 Å². The molecule has 1 aliphatic rings. The minimum absolute atomic E-state index is 0.447. The van der Waals surface area contributed by atoms with Crippen LogP contribution in [-0.2, 0) is 4.74 Å². The van der Waals surface area contributed by atoms with E-state index >= 15 is 0 Å². The fourth-order valence-electron chi connectivity index (χ4n) is 2.96. The average molecular weight is 227 g/mol. The Morgan fingerprint density at radius 3 is 2.31 bits per heavy atom. The smallest absolute Gasteiger partial charge is 0.0594 e. The largest absolute Gasteiger partial charge is 0.379 e. The third kappa shape index (κ3) is 4.06. The van der Waals surface area contributed by atoms with E-state index in [9.17, 15) is 0 Å². The maximum absolute atomic E-state index is 5.41. The van der Waals surface area contributed by atoms with Crippen LogP contribution in [-0.4, -0.2) is 37.7 Å². The summed E-state index contributed by atoms with van der Waals surface area (Å²) < 4.78 is 5.41. The van der Waals surface area contributed by atoms with Crippen LogP contribution in [0.2, 0.25) is 0 Å². The van der Waals surface area contributed by atoms with Gasteiger partial charge in [0, 0.05) is 19.6 Å². The van der Waals surface area contributed by atoms with E-state index in [4.69, 9.17) is 4.74 Å². The number of morpholine rings is 1. The van der Waals surface area contributed by atoms with Crippen LogP contribution in [0.3, 0.4) is 0 Å². The van der Waals surface area contributed by atoms with E-state index < -0.39 is 0 Å². The maximum Gasteiger partial charge on any atom is 0.0594 e. The Morgan fingerprint density at radius 2 is 1.81 bits per heavy atom. The van der Waals surface area contributed by atoms with Crippen molar-refractivity contribution < 1.29 is 4.74 Å². The minimum Gasteiger partial charge on any atom is -0.379 e. The lowest BCUT2D eigenvalue weighted by Gasteiger charge is -2.39. The lowest BCUT2D eigenvalue weighted by molar-refractivity contribution is 0.00889. The molecule has 1 saturated heterocycles. The van der Waals surface area contributed by atoms with Gasteiger partial charge in [0.1, 0.15) is 0 Å². The highest BCUT2D eigenvalue weighted by molar-refractivity contribution is 4.81. The van der Waals surface area contributed by atoms with Crippen molar-refractivity contribution in [2.45, 2.75) is 47.0 Å². The summed E-state index contributed by atoms with van der Waals surface area (Å²) in [6.45, 7) is 14.8. The lowest BCUT2D eigenvalue weighted by Crippen LogP contribution is -2.44. The Hall–Kier alpha value is -0.0800. The van der Waals surface area contributed by atoms with E-state index in [-0.39, 0.29) is 0 Å². The average Bonchev–Trinajstić information content (AvgIpc) is 2.26. The van der Waals surface area contributed by atoms with Gasteiger partial charge in [0.05, 0.1) is 13.2 Å². The van der Waals surface area contributed by atoms with Crippen LogP contribution in [0.4, 0.5) is 0 Å². The van der Waals surface area contributed by atoms with Gasteiger partial charge in [0.15, 0.2) is 0 Å². The van der Waals surface area contributed by atoms with Gasteiger partial charge < -0.3 is 4.74 Å². The zero-order valence-corrected chi connectivity index (χ0v) is 11.6. The van der Waals surface area contributed by atoms with Crippen molar-refractivity contribution in [1.29, 1.82) is 0 Å². The molecule has 96 valence electrons. The fraction of sp³-hybridized carbons (Fsp3) is 1.00. The summed E-state index contributed by atoms with van der Waals surface area (Å²) in [5, 5.41) is 0. The number of ether oxygens (including phenoxy) is 1. The molecule has 16 heavy (non-hydrogen) atoms. The second kappa shape index (κ2) is 6.61. The fourth-order valence-corrected chi connectivity index (χ4v) is 2.96. The van der Waals surface area contributed by atoms with Gasteiger partial charge >= 0.3 is 0 Å². The molecule has 0 aliphatic carbocycles. The first-order valence-corrected chi connectivity index (χ1v) is 6.90. The highest BCUT2D eigenvalue weighted by Gasteiger charge is 2.30. The summed E-state index contributed by atoms with van der Waals surface area (Å²) in [6.07, 6.45) is 3.99. The maximum atomic E-state index is 5.41. The molecule has 0 spiro atoms. The molecule has 2 heteroatoms. The molecule has 1 heterocycles. The molecule has 0 N–H and O–H groups in total. The van der Waals surface area contributed by atoms with Crippen molar-refractivity contribution >= 4 is 0 Å². The minimum atomic E-state index is 0.447. The Morgan fingerprint density at radius 1 is 1.19 bits per heavy atom. The van der Waals surface area contributed by atoms with Gasteiger partial charge in [-0.25, -0.2) is 0 Å². The molecule has 1 fully saturated rings. The third-order valence-electron chi connectivity index (χ3n) is 3.97. The molecule has 0 bridgehead atoms. The normalized spacial score (nSPS) is 21.0. The molecule has 1 unspecified atom stereocenters. The van der Waals surface area contributed by atoms with Crippen LogP contribution in [0.15, 0.2) is 0 Å². The van der Waals surface area contributed by atoms with Crippen LogP contribution in [0.25, 0.3) is 0 Å². The van der Waals surface area contributed by atoms with Crippen LogP contribution >= 0.6 is 0 Å². The molecular weight excluding hydrogens is 198 g/mol.